The van der Waals surface area contributed by atoms with Crippen LogP contribution in [0.2, 0.25) is 0 Å². The zero-order valence-electron chi connectivity index (χ0n) is 12.6. The van der Waals surface area contributed by atoms with Gasteiger partial charge in [0.1, 0.15) is 0 Å². The second-order valence-corrected chi connectivity index (χ2v) is 7.12. The first kappa shape index (κ1) is 15.7. The number of amides is 1. The van der Waals surface area contributed by atoms with E-state index < -0.39 is 0 Å². The zero-order chi connectivity index (χ0) is 14.5. The van der Waals surface area contributed by atoms with Gasteiger partial charge in [0.05, 0.1) is 4.99 Å². The SMILES string of the molecule is CCC(CC(N)=S)NC(=O)C1CCC2CCCCC2C1. The Morgan fingerprint density at radius 1 is 1.25 bits per heavy atom. The normalized spacial score (nSPS) is 31.1. The second kappa shape index (κ2) is 7.39. The first-order chi connectivity index (χ1) is 9.60. The summed E-state index contributed by atoms with van der Waals surface area (Å²) in [5, 5.41) is 3.16. The third-order valence-electron chi connectivity index (χ3n) is 5.20. The number of thiocarbonyl (C=S) groups is 1. The summed E-state index contributed by atoms with van der Waals surface area (Å²) in [6.07, 6.45) is 10.4. The van der Waals surface area contributed by atoms with Gasteiger partial charge in [-0.25, -0.2) is 0 Å². The molecule has 3 N–H and O–H groups in total. The predicted molar refractivity (Wildman–Crippen MR) is 86.4 cm³/mol. The molecule has 0 aromatic rings. The fourth-order valence-electron chi connectivity index (χ4n) is 3.97. The van der Waals surface area contributed by atoms with Crippen molar-refractivity contribution in [1.82, 2.24) is 5.32 Å². The topological polar surface area (TPSA) is 55.1 Å². The lowest BCUT2D eigenvalue weighted by Crippen LogP contribution is -2.43. The highest BCUT2D eigenvalue weighted by Crippen LogP contribution is 2.42. The van der Waals surface area contributed by atoms with Crippen LogP contribution < -0.4 is 11.1 Å². The van der Waals surface area contributed by atoms with Gasteiger partial charge in [-0.2, -0.15) is 0 Å². The lowest BCUT2D eigenvalue weighted by atomic mass is 9.67. The van der Waals surface area contributed by atoms with Gasteiger partial charge in [0, 0.05) is 18.4 Å². The molecule has 2 aliphatic rings. The molecule has 4 atom stereocenters. The highest BCUT2D eigenvalue weighted by molar-refractivity contribution is 7.80. The summed E-state index contributed by atoms with van der Waals surface area (Å²) < 4.78 is 0. The summed E-state index contributed by atoms with van der Waals surface area (Å²) in [6, 6.07) is 0.115. The smallest absolute Gasteiger partial charge is 0.223 e. The molecule has 2 rings (SSSR count). The number of nitrogens with one attached hydrogen (secondary N) is 1. The lowest BCUT2D eigenvalue weighted by molar-refractivity contribution is -0.127. The van der Waals surface area contributed by atoms with Crippen molar-refractivity contribution in [3.05, 3.63) is 0 Å². The van der Waals surface area contributed by atoms with E-state index in [1.165, 1.54) is 32.1 Å². The highest BCUT2D eigenvalue weighted by atomic mass is 32.1. The molecule has 0 spiro atoms. The maximum absolute atomic E-state index is 12.4. The molecule has 0 radical (unpaired) electrons. The molecule has 4 unspecified atom stereocenters. The minimum Gasteiger partial charge on any atom is -0.393 e. The summed E-state index contributed by atoms with van der Waals surface area (Å²) >= 11 is 4.95. The molecule has 0 heterocycles. The third-order valence-corrected chi connectivity index (χ3v) is 5.36. The summed E-state index contributed by atoms with van der Waals surface area (Å²) in [5.74, 6) is 2.14. The van der Waals surface area contributed by atoms with Crippen LogP contribution in [0.1, 0.15) is 64.7 Å². The summed E-state index contributed by atoms with van der Waals surface area (Å²) in [6.45, 7) is 2.07. The van der Waals surface area contributed by atoms with Gasteiger partial charge in [-0.05, 0) is 37.5 Å². The Morgan fingerprint density at radius 2 is 1.95 bits per heavy atom. The van der Waals surface area contributed by atoms with Crippen molar-refractivity contribution >= 4 is 23.1 Å². The number of carbonyl (C=O) groups excluding carboxylic acids is 1. The van der Waals surface area contributed by atoms with Crippen molar-refractivity contribution in [2.24, 2.45) is 23.5 Å². The van der Waals surface area contributed by atoms with Crippen LogP contribution in [-0.4, -0.2) is 16.9 Å². The first-order valence-electron chi connectivity index (χ1n) is 8.18. The van der Waals surface area contributed by atoms with E-state index in [2.05, 4.69) is 12.2 Å². The molecule has 2 fully saturated rings. The molecule has 0 bridgehead atoms. The molecule has 1 amide bonds. The molecule has 3 nitrogen and oxygen atoms in total. The molecule has 0 saturated heterocycles. The minimum atomic E-state index is 0.115. The van der Waals surface area contributed by atoms with Gasteiger partial charge < -0.3 is 11.1 Å². The van der Waals surface area contributed by atoms with Gasteiger partial charge >= 0.3 is 0 Å². The average molecular weight is 296 g/mol. The van der Waals surface area contributed by atoms with Crippen LogP contribution in [0.5, 0.6) is 0 Å². The van der Waals surface area contributed by atoms with Crippen molar-refractivity contribution in [1.29, 1.82) is 0 Å². The van der Waals surface area contributed by atoms with Gasteiger partial charge in [0.15, 0.2) is 0 Å². The molecular formula is C16H28N2OS. The summed E-state index contributed by atoms with van der Waals surface area (Å²) in [7, 11) is 0. The Kier molecular flexibility index (Phi) is 5.82. The van der Waals surface area contributed by atoms with Crippen LogP contribution in [0, 0.1) is 17.8 Å². The molecule has 4 heteroatoms. The van der Waals surface area contributed by atoms with Gasteiger partial charge in [-0.1, -0.05) is 44.8 Å². The van der Waals surface area contributed by atoms with E-state index in [4.69, 9.17) is 18.0 Å². The summed E-state index contributed by atoms with van der Waals surface area (Å²) in [5.41, 5.74) is 5.59. The Labute approximate surface area is 128 Å². The van der Waals surface area contributed by atoms with Crippen LogP contribution in [0.25, 0.3) is 0 Å². The minimum absolute atomic E-state index is 0.115. The number of fused-ring (bicyclic) bond motifs is 1. The van der Waals surface area contributed by atoms with Crippen molar-refractivity contribution in [2.45, 2.75) is 70.8 Å². The fourth-order valence-corrected chi connectivity index (χ4v) is 4.17. The van der Waals surface area contributed by atoms with Crippen molar-refractivity contribution in [2.75, 3.05) is 0 Å². The number of nitrogens with two attached hydrogens (primary N) is 1. The van der Waals surface area contributed by atoms with Crippen molar-refractivity contribution in [3.8, 4) is 0 Å². The molecule has 0 aromatic heterocycles. The Balaban J connectivity index is 1.84. The Bertz CT molecular complexity index is 358. The van der Waals surface area contributed by atoms with Gasteiger partial charge in [-0.3, -0.25) is 4.79 Å². The Hall–Kier alpha value is -0.640. The average Bonchev–Trinajstić information content (AvgIpc) is 2.45. The number of rotatable bonds is 5. The number of hydrogen-bond donors (Lipinski definition) is 2. The molecule has 114 valence electrons. The summed E-state index contributed by atoms with van der Waals surface area (Å²) in [4.78, 5) is 12.9. The first-order valence-corrected chi connectivity index (χ1v) is 8.59. The maximum Gasteiger partial charge on any atom is 0.223 e. The van der Waals surface area contributed by atoms with E-state index >= 15 is 0 Å². The van der Waals surface area contributed by atoms with Gasteiger partial charge in [0.2, 0.25) is 5.91 Å². The van der Waals surface area contributed by atoms with Crippen molar-refractivity contribution in [3.63, 3.8) is 0 Å². The fraction of sp³-hybridized carbons (Fsp3) is 0.875. The second-order valence-electron chi connectivity index (χ2n) is 6.60. The standard InChI is InChI=1S/C16H28N2OS/c1-2-14(10-15(17)20)18-16(19)13-8-7-11-5-3-4-6-12(11)9-13/h11-14H,2-10H2,1H3,(H2,17,20)(H,18,19). The van der Waals surface area contributed by atoms with E-state index in [1.807, 2.05) is 0 Å². The zero-order valence-corrected chi connectivity index (χ0v) is 13.4. The van der Waals surface area contributed by atoms with Crippen molar-refractivity contribution < 1.29 is 4.79 Å². The van der Waals surface area contributed by atoms with Gasteiger partial charge in [0.25, 0.3) is 0 Å². The Morgan fingerprint density at radius 3 is 2.60 bits per heavy atom. The van der Waals surface area contributed by atoms with E-state index in [1.54, 1.807) is 0 Å². The van der Waals surface area contributed by atoms with E-state index in [9.17, 15) is 4.79 Å². The molecule has 2 saturated carbocycles. The molecule has 0 aliphatic heterocycles. The molecule has 2 aliphatic carbocycles. The maximum atomic E-state index is 12.4. The highest BCUT2D eigenvalue weighted by Gasteiger charge is 2.35. The van der Waals surface area contributed by atoms with Gasteiger partial charge in [-0.15, -0.1) is 0 Å². The predicted octanol–water partition coefficient (Wildman–Crippen LogP) is 3.16. The molecular weight excluding hydrogens is 268 g/mol. The van der Waals surface area contributed by atoms with Crippen LogP contribution in [0.4, 0.5) is 0 Å². The third kappa shape index (κ3) is 4.18. The monoisotopic (exact) mass is 296 g/mol. The van der Waals surface area contributed by atoms with E-state index in [0.717, 1.165) is 31.1 Å². The number of hydrogen-bond acceptors (Lipinski definition) is 2. The largest absolute Gasteiger partial charge is 0.393 e. The number of carbonyl (C=O) groups is 1. The van der Waals surface area contributed by atoms with Crippen LogP contribution in [0.15, 0.2) is 0 Å². The lowest BCUT2D eigenvalue weighted by Gasteiger charge is -2.39. The molecule has 20 heavy (non-hydrogen) atoms. The quantitative estimate of drug-likeness (QED) is 0.766. The van der Waals surface area contributed by atoms with Crippen LogP contribution >= 0.6 is 12.2 Å². The molecule has 0 aromatic carbocycles. The van der Waals surface area contributed by atoms with E-state index in [-0.39, 0.29) is 17.9 Å². The van der Waals surface area contributed by atoms with E-state index in [0.29, 0.717) is 11.4 Å². The van der Waals surface area contributed by atoms with Crippen LogP contribution in [-0.2, 0) is 4.79 Å². The van der Waals surface area contributed by atoms with Crippen LogP contribution in [0.3, 0.4) is 0 Å².